The fourth-order valence-electron chi connectivity index (χ4n) is 5.60. The third kappa shape index (κ3) is 2.67. The number of aromatic nitrogens is 2. The van der Waals surface area contributed by atoms with Crippen LogP contribution in [0.4, 0.5) is 0 Å². The molecule has 0 unspecified atom stereocenters. The molecule has 0 N–H and O–H groups in total. The van der Waals surface area contributed by atoms with Crippen LogP contribution in [0.3, 0.4) is 0 Å². The van der Waals surface area contributed by atoms with Crippen LogP contribution in [0.2, 0.25) is 0 Å². The van der Waals surface area contributed by atoms with Crippen molar-refractivity contribution in [2.24, 2.45) is 5.92 Å². The van der Waals surface area contributed by atoms with Crippen molar-refractivity contribution in [3.8, 4) is 0 Å². The first-order chi connectivity index (χ1) is 13.1. The van der Waals surface area contributed by atoms with Crippen molar-refractivity contribution in [1.82, 2.24) is 19.8 Å². The summed E-state index contributed by atoms with van der Waals surface area (Å²) in [6.07, 6.45) is 4.12. The molecular formula is C22H26N4O. The molecule has 4 fully saturated rings. The van der Waals surface area contributed by atoms with E-state index in [4.69, 9.17) is 0 Å². The van der Waals surface area contributed by atoms with Crippen LogP contribution in [0.5, 0.6) is 0 Å². The molecule has 3 atom stereocenters. The van der Waals surface area contributed by atoms with Gasteiger partial charge in [0.2, 0.25) is 0 Å². The van der Waals surface area contributed by atoms with Gasteiger partial charge in [0.05, 0.1) is 17.3 Å². The average molecular weight is 362 g/mol. The molecule has 5 heterocycles. The Kier molecular flexibility index (Phi) is 4.01. The second-order valence-electron chi connectivity index (χ2n) is 8.25. The van der Waals surface area contributed by atoms with Gasteiger partial charge in [-0.25, -0.2) is 9.97 Å². The summed E-state index contributed by atoms with van der Waals surface area (Å²) >= 11 is 0. The molecule has 4 aliphatic rings. The van der Waals surface area contributed by atoms with Crippen LogP contribution in [0.15, 0.2) is 36.5 Å². The first-order valence-corrected chi connectivity index (χ1v) is 10.0. The Morgan fingerprint density at radius 2 is 1.81 bits per heavy atom. The van der Waals surface area contributed by atoms with Gasteiger partial charge in [-0.3, -0.25) is 9.69 Å². The van der Waals surface area contributed by atoms with Gasteiger partial charge in [0, 0.05) is 24.7 Å². The summed E-state index contributed by atoms with van der Waals surface area (Å²) in [5.41, 5.74) is 2.80. The lowest BCUT2D eigenvalue weighted by atomic mass is 9.75. The topological polar surface area (TPSA) is 49.3 Å². The summed E-state index contributed by atoms with van der Waals surface area (Å²) in [5.74, 6) is 1.82. The highest BCUT2D eigenvalue weighted by molar-refractivity contribution is 5.95. The van der Waals surface area contributed by atoms with E-state index in [2.05, 4.69) is 50.1 Å². The number of rotatable bonds is 2. The van der Waals surface area contributed by atoms with Crippen LogP contribution in [0, 0.1) is 19.8 Å². The number of hydrogen-bond donors (Lipinski definition) is 0. The minimum Gasteiger partial charge on any atom is -0.333 e. The summed E-state index contributed by atoms with van der Waals surface area (Å²) in [5, 5.41) is 0. The normalized spacial score (nSPS) is 31.8. The first-order valence-electron chi connectivity index (χ1n) is 10.0. The number of aryl methyl sites for hydroxylation is 2. The van der Waals surface area contributed by atoms with Crippen molar-refractivity contribution < 1.29 is 4.79 Å². The number of piperidine rings is 3. The lowest BCUT2D eigenvalue weighted by molar-refractivity contribution is -0.00345. The van der Waals surface area contributed by atoms with Crippen molar-refractivity contribution in [2.75, 3.05) is 19.6 Å². The summed E-state index contributed by atoms with van der Waals surface area (Å²) in [7, 11) is 0. The van der Waals surface area contributed by atoms with Crippen molar-refractivity contribution >= 4 is 5.91 Å². The van der Waals surface area contributed by atoms with Gasteiger partial charge in [-0.05, 0) is 51.3 Å². The Hall–Kier alpha value is -2.27. The fraction of sp³-hybridized carbons (Fsp3) is 0.500. The molecule has 0 spiro atoms. The van der Waals surface area contributed by atoms with Crippen molar-refractivity contribution in [1.29, 1.82) is 0 Å². The van der Waals surface area contributed by atoms with Crippen LogP contribution < -0.4 is 0 Å². The fourth-order valence-corrected chi connectivity index (χ4v) is 5.60. The molecule has 0 saturated carbocycles. The number of hydrogen-bond acceptors (Lipinski definition) is 4. The lowest BCUT2D eigenvalue weighted by Crippen LogP contribution is -2.60. The molecular weight excluding hydrogens is 336 g/mol. The van der Waals surface area contributed by atoms with Gasteiger partial charge in [0.15, 0.2) is 0 Å². The standard InChI is InChI=1S/C22H26N4O/c1-14-18(12-23-15(2)24-14)22(27)26-13-19(16-6-4-3-5-7-16)21-20(26)17-8-10-25(21)11-9-17/h3-7,12,17,19-21H,8-11,13H2,1-2H3/t19-,20+,21+/m1/s1. The van der Waals surface area contributed by atoms with E-state index in [-0.39, 0.29) is 5.91 Å². The van der Waals surface area contributed by atoms with E-state index in [0.29, 0.717) is 35.3 Å². The maximum Gasteiger partial charge on any atom is 0.257 e. The molecule has 0 radical (unpaired) electrons. The molecule has 140 valence electrons. The predicted octanol–water partition coefficient (Wildman–Crippen LogP) is 2.80. The monoisotopic (exact) mass is 362 g/mol. The number of amides is 1. The van der Waals surface area contributed by atoms with E-state index in [0.717, 1.165) is 12.2 Å². The number of benzene rings is 1. The molecule has 6 rings (SSSR count). The van der Waals surface area contributed by atoms with Gasteiger partial charge in [-0.15, -0.1) is 0 Å². The maximum absolute atomic E-state index is 13.5. The van der Waals surface area contributed by atoms with E-state index in [9.17, 15) is 4.79 Å². The van der Waals surface area contributed by atoms with E-state index >= 15 is 0 Å². The van der Waals surface area contributed by atoms with Crippen LogP contribution >= 0.6 is 0 Å². The largest absolute Gasteiger partial charge is 0.333 e. The Balaban J connectivity index is 1.53. The first kappa shape index (κ1) is 16.9. The van der Waals surface area contributed by atoms with Crippen LogP contribution in [0.1, 0.15) is 46.2 Å². The minimum absolute atomic E-state index is 0.106. The zero-order chi connectivity index (χ0) is 18.5. The van der Waals surface area contributed by atoms with E-state index < -0.39 is 0 Å². The summed E-state index contributed by atoms with van der Waals surface area (Å²) < 4.78 is 0. The Morgan fingerprint density at radius 1 is 1.07 bits per heavy atom. The highest BCUT2D eigenvalue weighted by atomic mass is 16.2. The average Bonchev–Trinajstić information content (AvgIpc) is 3.12. The van der Waals surface area contributed by atoms with E-state index in [1.54, 1.807) is 6.20 Å². The Labute approximate surface area is 160 Å². The molecule has 2 bridgehead atoms. The Morgan fingerprint density at radius 3 is 2.52 bits per heavy atom. The quantitative estimate of drug-likeness (QED) is 0.824. The van der Waals surface area contributed by atoms with Crippen molar-refractivity contribution in [3.05, 3.63) is 59.2 Å². The van der Waals surface area contributed by atoms with Gasteiger partial charge in [0.1, 0.15) is 5.82 Å². The molecule has 5 nitrogen and oxygen atoms in total. The molecule has 27 heavy (non-hydrogen) atoms. The van der Waals surface area contributed by atoms with Gasteiger partial charge >= 0.3 is 0 Å². The zero-order valence-corrected chi connectivity index (χ0v) is 16.0. The number of carbonyl (C=O) groups is 1. The van der Waals surface area contributed by atoms with Crippen molar-refractivity contribution in [3.63, 3.8) is 0 Å². The summed E-state index contributed by atoms with van der Waals surface area (Å²) in [6, 6.07) is 11.5. The number of fused-ring (bicyclic) bond motifs is 2. The minimum atomic E-state index is 0.106. The highest BCUT2D eigenvalue weighted by Crippen LogP contribution is 2.46. The molecule has 2 aromatic rings. The molecule has 4 aliphatic heterocycles. The number of nitrogens with zero attached hydrogens (tertiary/aromatic N) is 4. The number of carbonyl (C=O) groups excluding carboxylic acids is 1. The zero-order valence-electron chi connectivity index (χ0n) is 16.0. The third-order valence-corrected chi connectivity index (χ3v) is 6.81. The SMILES string of the molecule is Cc1ncc(C(=O)N2C[C@H](c3ccccc3)[C@H]3[C@@H]2C2CCN3CC2)c(C)n1. The van der Waals surface area contributed by atoms with Gasteiger partial charge in [-0.1, -0.05) is 30.3 Å². The smallest absolute Gasteiger partial charge is 0.257 e. The van der Waals surface area contributed by atoms with Gasteiger partial charge < -0.3 is 4.90 Å². The lowest BCUT2D eigenvalue weighted by Gasteiger charge is -2.51. The second kappa shape index (κ2) is 6.41. The highest BCUT2D eigenvalue weighted by Gasteiger charge is 2.54. The molecule has 0 aliphatic carbocycles. The number of likely N-dealkylation sites (tertiary alicyclic amines) is 1. The predicted molar refractivity (Wildman–Crippen MR) is 104 cm³/mol. The van der Waals surface area contributed by atoms with E-state index in [1.807, 2.05) is 13.8 Å². The third-order valence-electron chi connectivity index (χ3n) is 6.81. The van der Waals surface area contributed by atoms with E-state index in [1.165, 1.54) is 31.5 Å². The van der Waals surface area contributed by atoms with Gasteiger partial charge in [-0.2, -0.15) is 0 Å². The Bertz CT molecular complexity index is 860. The molecule has 1 aromatic carbocycles. The molecule has 4 saturated heterocycles. The van der Waals surface area contributed by atoms with Crippen molar-refractivity contribution in [2.45, 2.75) is 44.7 Å². The molecule has 5 heteroatoms. The second-order valence-corrected chi connectivity index (χ2v) is 8.25. The molecule has 1 aromatic heterocycles. The van der Waals surface area contributed by atoms with Crippen LogP contribution in [-0.4, -0.2) is 57.4 Å². The summed E-state index contributed by atoms with van der Waals surface area (Å²) in [4.78, 5) is 27.0. The molecule has 1 amide bonds. The van der Waals surface area contributed by atoms with Gasteiger partial charge in [0.25, 0.3) is 5.91 Å². The summed E-state index contributed by atoms with van der Waals surface area (Å²) in [6.45, 7) is 6.92. The maximum atomic E-state index is 13.5. The van der Waals surface area contributed by atoms with Crippen LogP contribution in [0.25, 0.3) is 0 Å². The van der Waals surface area contributed by atoms with Crippen LogP contribution in [-0.2, 0) is 0 Å².